The number of nitrogens with one attached hydrogen (secondary N) is 1. The van der Waals surface area contributed by atoms with Crippen LogP contribution in [0.1, 0.15) is 47.6 Å². The molecule has 0 fully saturated rings. The number of rotatable bonds is 6. The number of nitrogens with two attached hydrogens (primary N) is 1. The molecule has 7 heteroatoms. The molecule has 0 aliphatic carbocycles. The first-order valence-corrected chi connectivity index (χ1v) is 8.69. The van der Waals surface area contributed by atoms with Crippen molar-refractivity contribution in [3.05, 3.63) is 65.0 Å². The Labute approximate surface area is 155 Å². The zero-order chi connectivity index (χ0) is 19.6. The molecular weight excluding hydrogens is 350 g/mol. The zero-order valence-corrected chi connectivity index (χ0v) is 15.1. The molecule has 1 aromatic heterocycles. The number of carbonyl (C=O) groups excluding carboxylic acids is 1. The lowest BCUT2D eigenvalue weighted by molar-refractivity contribution is 0.100. The van der Waals surface area contributed by atoms with E-state index in [1.54, 1.807) is 25.1 Å². The number of amides is 1. The number of para-hydroxylation sites is 1. The van der Waals surface area contributed by atoms with Crippen LogP contribution in [0.4, 0.5) is 14.6 Å². The molecule has 0 spiro atoms. The highest BCUT2D eigenvalue weighted by Gasteiger charge is 2.19. The average molecular weight is 370 g/mol. The number of primary amides is 1. The molecular formula is C20H20F2N4O. The van der Waals surface area contributed by atoms with Crippen molar-refractivity contribution in [1.82, 2.24) is 9.97 Å². The maximum absolute atomic E-state index is 14.3. The molecule has 27 heavy (non-hydrogen) atoms. The summed E-state index contributed by atoms with van der Waals surface area (Å²) in [6.45, 7) is 3.68. The molecule has 1 heterocycles. The van der Waals surface area contributed by atoms with Crippen LogP contribution >= 0.6 is 0 Å². The van der Waals surface area contributed by atoms with E-state index in [0.29, 0.717) is 40.1 Å². The molecule has 0 saturated carbocycles. The normalized spacial score (nSPS) is 12.1. The van der Waals surface area contributed by atoms with Gasteiger partial charge in [-0.2, -0.15) is 0 Å². The molecule has 3 aromatic rings. The third kappa shape index (κ3) is 3.86. The van der Waals surface area contributed by atoms with Crippen LogP contribution in [-0.2, 0) is 0 Å². The molecule has 1 amide bonds. The van der Waals surface area contributed by atoms with Crippen molar-refractivity contribution in [1.29, 1.82) is 0 Å². The molecule has 0 unspecified atom stereocenters. The first kappa shape index (κ1) is 18.7. The second-order valence-electron chi connectivity index (χ2n) is 6.34. The van der Waals surface area contributed by atoms with Crippen molar-refractivity contribution < 1.29 is 13.6 Å². The summed E-state index contributed by atoms with van der Waals surface area (Å²) in [4.78, 5) is 20.5. The number of halogens is 2. The average Bonchev–Trinajstić information content (AvgIpc) is 2.60. The fraction of sp³-hybridized carbons (Fsp3) is 0.250. The highest BCUT2D eigenvalue weighted by molar-refractivity contribution is 6.07. The Morgan fingerprint density at radius 1 is 1.22 bits per heavy atom. The lowest BCUT2D eigenvalue weighted by atomic mass is 10.0. The highest BCUT2D eigenvalue weighted by Crippen LogP contribution is 2.30. The van der Waals surface area contributed by atoms with Crippen LogP contribution in [0.2, 0.25) is 0 Å². The van der Waals surface area contributed by atoms with Gasteiger partial charge in [0.15, 0.2) is 0 Å². The standard InChI is InChI=1S/C20H20F2N4O/c1-3-5-17(13-9-8-12(21)10-16(13)22)26-20-15-7-4-6-14(19(23)27)18(15)24-11(2)25-20/h4,6-10,17H,3,5H2,1-2H3,(H2,23,27)(H,24,25,26)/t17-/m1/s1. The van der Waals surface area contributed by atoms with Crippen LogP contribution in [0.25, 0.3) is 10.9 Å². The van der Waals surface area contributed by atoms with Gasteiger partial charge in [0.1, 0.15) is 23.3 Å². The van der Waals surface area contributed by atoms with Gasteiger partial charge in [-0.25, -0.2) is 18.7 Å². The molecule has 0 radical (unpaired) electrons. The van der Waals surface area contributed by atoms with Gasteiger partial charge in [-0.1, -0.05) is 25.5 Å². The number of nitrogens with zero attached hydrogens (tertiary/aromatic N) is 2. The van der Waals surface area contributed by atoms with E-state index in [0.717, 1.165) is 12.5 Å². The van der Waals surface area contributed by atoms with Crippen LogP contribution in [-0.4, -0.2) is 15.9 Å². The van der Waals surface area contributed by atoms with Crippen molar-refractivity contribution in [2.75, 3.05) is 5.32 Å². The molecule has 3 N–H and O–H groups in total. The van der Waals surface area contributed by atoms with Gasteiger partial charge < -0.3 is 11.1 Å². The summed E-state index contributed by atoms with van der Waals surface area (Å²) in [7, 11) is 0. The number of hydrogen-bond acceptors (Lipinski definition) is 4. The Morgan fingerprint density at radius 2 is 2.00 bits per heavy atom. The van der Waals surface area contributed by atoms with Gasteiger partial charge in [-0.05, 0) is 31.5 Å². The Bertz CT molecular complexity index is 1010. The third-order valence-electron chi connectivity index (χ3n) is 4.33. The minimum atomic E-state index is -0.624. The smallest absolute Gasteiger partial charge is 0.250 e. The Morgan fingerprint density at radius 3 is 2.67 bits per heavy atom. The van der Waals surface area contributed by atoms with E-state index in [2.05, 4.69) is 15.3 Å². The summed E-state index contributed by atoms with van der Waals surface area (Å²) >= 11 is 0. The molecule has 0 bridgehead atoms. The minimum absolute atomic E-state index is 0.293. The zero-order valence-electron chi connectivity index (χ0n) is 15.1. The molecule has 0 aliphatic rings. The van der Waals surface area contributed by atoms with Crippen molar-refractivity contribution in [3.8, 4) is 0 Å². The minimum Gasteiger partial charge on any atom is -0.366 e. The topological polar surface area (TPSA) is 80.9 Å². The molecule has 140 valence electrons. The number of benzene rings is 2. The maximum Gasteiger partial charge on any atom is 0.250 e. The van der Waals surface area contributed by atoms with Crippen LogP contribution in [0, 0.1) is 18.6 Å². The molecule has 5 nitrogen and oxygen atoms in total. The summed E-state index contributed by atoms with van der Waals surface area (Å²) in [5.74, 6) is -0.898. The Hall–Kier alpha value is -3.09. The SMILES string of the molecule is CCC[C@@H](Nc1nc(C)nc2c(C(N)=O)cccc12)c1ccc(F)cc1F. The third-order valence-corrected chi connectivity index (χ3v) is 4.33. The molecule has 2 aromatic carbocycles. The predicted molar refractivity (Wildman–Crippen MR) is 100 cm³/mol. The number of fused-ring (bicyclic) bond motifs is 1. The summed E-state index contributed by atoms with van der Waals surface area (Å²) in [5, 5.41) is 3.85. The van der Waals surface area contributed by atoms with E-state index in [1.165, 1.54) is 12.1 Å². The Balaban J connectivity index is 2.10. The van der Waals surface area contributed by atoms with E-state index in [9.17, 15) is 13.6 Å². The highest BCUT2D eigenvalue weighted by atomic mass is 19.1. The molecule has 0 saturated heterocycles. The summed E-state index contributed by atoms with van der Waals surface area (Å²) in [6.07, 6.45) is 1.39. The fourth-order valence-electron chi connectivity index (χ4n) is 3.12. The van der Waals surface area contributed by atoms with Gasteiger partial charge >= 0.3 is 0 Å². The summed E-state index contributed by atoms with van der Waals surface area (Å²) < 4.78 is 27.6. The van der Waals surface area contributed by atoms with Gasteiger partial charge in [0.25, 0.3) is 5.91 Å². The number of aryl methyl sites for hydroxylation is 1. The predicted octanol–water partition coefficient (Wildman–Crippen LogP) is 4.27. The second-order valence-corrected chi connectivity index (χ2v) is 6.34. The van der Waals surface area contributed by atoms with E-state index >= 15 is 0 Å². The molecule has 1 atom stereocenters. The van der Waals surface area contributed by atoms with Crippen molar-refractivity contribution in [2.45, 2.75) is 32.7 Å². The van der Waals surface area contributed by atoms with Gasteiger partial charge in [0, 0.05) is 17.0 Å². The first-order valence-electron chi connectivity index (χ1n) is 8.69. The van der Waals surface area contributed by atoms with Gasteiger partial charge in [-0.15, -0.1) is 0 Å². The monoisotopic (exact) mass is 370 g/mol. The number of hydrogen-bond donors (Lipinski definition) is 2. The lowest BCUT2D eigenvalue weighted by Gasteiger charge is -2.21. The van der Waals surface area contributed by atoms with E-state index in [4.69, 9.17) is 5.73 Å². The van der Waals surface area contributed by atoms with Gasteiger partial charge in [-0.3, -0.25) is 4.79 Å². The molecule has 0 aliphatic heterocycles. The summed E-state index contributed by atoms with van der Waals surface area (Å²) in [6, 6.07) is 8.19. The van der Waals surface area contributed by atoms with Gasteiger partial charge in [0.2, 0.25) is 0 Å². The lowest BCUT2D eigenvalue weighted by Crippen LogP contribution is -2.16. The van der Waals surface area contributed by atoms with Crippen molar-refractivity contribution in [3.63, 3.8) is 0 Å². The number of carbonyl (C=O) groups is 1. The second kappa shape index (κ2) is 7.65. The molecule has 3 rings (SSSR count). The largest absolute Gasteiger partial charge is 0.366 e. The van der Waals surface area contributed by atoms with Crippen LogP contribution < -0.4 is 11.1 Å². The van der Waals surface area contributed by atoms with E-state index in [1.807, 2.05) is 6.92 Å². The van der Waals surface area contributed by atoms with Crippen molar-refractivity contribution >= 4 is 22.6 Å². The fourth-order valence-corrected chi connectivity index (χ4v) is 3.12. The maximum atomic E-state index is 14.3. The first-order chi connectivity index (χ1) is 12.9. The number of anilines is 1. The summed E-state index contributed by atoms with van der Waals surface area (Å²) in [5.41, 5.74) is 6.54. The number of aromatic nitrogens is 2. The quantitative estimate of drug-likeness (QED) is 0.679. The van der Waals surface area contributed by atoms with Gasteiger partial charge in [0.05, 0.1) is 17.1 Å². The Kier molecular flexibility index (Phi) is 5.30. The van der Waals surface area contributed by atoms with Crippen LogP contribution in [0.15, 0.2) is 36.4 Å². The van der Waals surface area contributed by atoms with Crippen molar-refractivity contribution in [2.24, 2.45) is 5.73 Å². The van der Waals surface area contributed by atoms with Crippen LogP contribution in [0.3, 0.4) is 0 Å². The van der Waals surface area contributed by atoms with E-state index in [-0.39, 0.29) is 0 Å². The van der Waals surface area contributed by atoms with Crippen LogP contribution in [0.5, 0.6) is 0 Å². The van der Waals surface area contributed by atoms with E-state index < -0.39 is 23.6 Å².